The predicted octanol–water partition coefficient (Wildman–Crippen LogP) is 4.38. The average molecular weight is 367 g/mol. The van der Waals surface area contributed by atoms with Crippen molar-refractivity contribution in [2.45, 2.75) is 44.4 Å². The number of rotatable bonds is 7. The average Bonchev–Trinajstić information content (AvgIpc) is 2.69. The van der Waals surface area contributed by atoms with Gasteiger partial charge in [-0.05, 0) is 54.2 Å². The first-order valence-corrected chi connectivity index (χ1v) is 9.43. The number of hydrogen-bond acceptors (Lipinski definition) is 3. The second kappa shape index (κ2) is 9.21. The zero-order valence-corrected chi connectivity index (χ0v) is 15.3. The molecule has 1 saturated carbocycles. The third kappa shape index (κ3) is 5.84. The number of amides is 1. The highest BCUT2D eigenvalue weighted by Crippen LogP contribution is 2.33. The summed E-state index contributed by atoms with van der Waals surface area (Å²) < 4.78 is 5.57. The van der Waals surface area contributed by atoms with Crippen LogP contribution in [-0.2, 0) is 16.0 Å². The second-order valence-corrected chi connectivity index (χ2v) is 7.01. The third-order valence-corrected chi connectivity index (χ3v) is 4.92. The Bertz CT molecular complexity index is 762. The molecular weight excluding hydrogens is 342 g/mol. The number of nitrogens with one attached hydrogen (secondary N) is 1. The van der Waals surface area contributed by atoms with E-state index in [2.05, 4.69) is 17.4 Å². The van der Waals surface area contributed by atoms with E-state index in [-0.39, 0.29) is 18.9 Å². The summed E-state index contributed by atoms with van der Waals surface area (Å²) in [5.41, 5.74) is 2.66. The van der Waals surface area contributed by atoms with Crippen LogP contribution >= 0.6 is 0 Å². The number of carbonyl (C=O) groups excluding carboxylic acids is 1. The van der Waals surface area contributed by atoms with Gasteiger partial charge < -0.3 is 15.2 Å². The lowest BCUT2D eigenvalue weighted by Crippen LogP contribution is -2.20. The van der Waals surface area contributed by atoms with Gasteiger partial charge in [0.05, 0.1) is 6.42 Å². The summed E-state index contributed by atoms with van der Waals surface area (Å²) in [7, 11) is 0. The van der Waals surface area contributed by atoms with Crippen molar-refractivity contribution < 1.29 is 19.4 Å². The van der Waals surface area contributed by atoms with Gasteiger partial charge in [-0.2, -0.15) is 0 Å². The quantitative estimate of drug-likeness (QED) is 0.761. The largest absolute Gasteiger partial charge is 0.484 e. The first-order valence-electron chi connectivity index (χ1n) is 9.43. The van der Waals surface area contributed by atoms with Gasteiger partial charge in [-0.25, -0.2) is 0 Å². The van der Waals surface area contributed by atoms with Crippen molar-refractivity contribution in [3.63, 3.8) is 0 Å². The molecule has 0 atom stereocenters. The fourth-order valence-corrected chi connectivity index (χ4v) is 3.50. The van der Waals surface area contributed by atoms with E-state index in [1.807, 2.05) is 12.1 Å². The molecule has 2 aromatic carbocycles. The molecule has 27 heavy (non-hydrogen) atoms. The molecule has 1 fully saturated rings. The monoisotopic (exact) mass is 367 g/mol. The van der Waals surface area contributed by atoms with Crippen molar-refractivity contribution in [3.8, 4) is 5.75 Å². The van der Waals surface area contributed by atoms with Crippen LogP contribution < -0.4 is 10.1 Å². The van der Waals surface area contributed by atoms with E-state index in [1.54, 1.807) is 24.3 Å². The normalized spacial score (nSPS) is 14.5. The fourth-order valence-electron chi connectivity index (χ4n) is 3.50. The number of carboxylic acids is 1. The first kappa shape index (κ1) is 19.0. The SMILES string of the molecule is O=C(O)Cc1ccc(NC(=O)COc2ccc(C3CCCCC3)cc2)cc1. The fraction of sp³-hybridized carbons (Fsp3) is 0.364. The van der Waals surface area contributed by atoms with Gasteiger partial charge in [-0.1, -0.05) is 43.5 Å². The molecule has 1 amide bonds. The minimum Gasteiger partial charge on any atom is -0.484 e. The van der Waals surface area contributed by atoms with Crippen LogP contribution in [0.3, 0.4) is 0 Å². The number of aliphatic carboxylic acids is 1. The molecule has 0 heterocycles. The second-order valence-electron chi connectivity index (χ2n) is 7.01. The maximum absolute atomic E-state index is 12.0. The Labute approximate surface area is 159 Å². The summed E-state index contributed by atoms with van der Waals surface area (Å²) >= 11 is 0. The van der Waals surface area contributed by atoms with Gasteiger partial charge >= 0.3 is 5.97 Å². The van der Waals surface area contributed by atoms with E-state index in [0.29, 0.717) is 22.9 Å². The predicted molar refractivity (Wildman–Crippen MR) is 104 cm³/mol. The molecule has 0 radical (unpaired) electrons. The standard InChI is InChI=1S/C22H25NO4/c24-21(23-19-10-6-16(7-11-19)14-22(25)26)15-27-20-12-8-18(9-13-20)17-4-2-1-3-5-17/h6-13,17H,1-5,14-15H2,(H,23,24)(H,25,26). The summed E-state index contributed by atoms with van der Waals surface area (Å²) in [6.07, 6.45) is 6.44. The topological polar surface area (TPSA) is 75.6 Å². The van der Waals surface area contributed by atoms with Gasteiger partial charge in [-0.3, -0.25) is 9.59 Å². The lowest BCUT2D eigenvalue weighted by atomic mass is 9.84. The maximum Gasteiger partial charge on any atom is 0.307 e. The molecule has 0 unspecified atom stereocenters. The van der Waals surface area contributed by atoms with E-state index in [9.17, 15) is 9.59 Å². The van der Waals surface area contributed by atoms with Crippen LogP contribution in [0.1, 0.15) is 49.1 Å². The van der Waals surface area contributed by atoms with Crippen LogP contribution in [0.2, 0.25) is 0 Å². The van der Waals surface area contributed by atoms with Gasteiger partial charge in [0, 0.05) is 5.69 Å². The smallest absolute Gasteiger partial charge is 0.307 e. The van der Waals surface area contributed by atoms with Crippen LogP contribution in [0.25, 0.3) is 0 Å². The summed E-state index contributed by atoms with van der Waals surface area (Å²) in [5.74, 6) is 0.203. The molecule has 1 aliphatic rings. The van der Waals surface area contributed by atoms with Crippen LogP contribution in [-0.4, -0.2) is 23.6 Å². The summed E-state index contributed by atoms with van der Waals surface area (Å²) in [6.45, 7) is -0.0698. The number of anilines is 1. The highest BCUT2D eigenvalue weighted by Gasteiger charge is 2.15. The van der Waals surface area contributed by atoms with Gasteiger partial charge in [-0.15, -0.1) is 0 Å². The van der Waals surface area contributed by atoms with E-state index in [1.165, 1.54) is 37.7 Å². The van der Waals surface area contributed by atoms with Crippen LogP contribution in [0, 0.1) is 0 Å². The Morgan fingerprint density at radius 2 is 1.63 bits per heavy atom. The Morgan fingerprint density at radius 1 is 0.963 bits per heavy atom. The highest BCUT2D eigenvalue weighted by atomic mass is 16.5. The van der Waals surface area contributed by atoms with Crippen LogP contribution in [0.15, 0.2) is 48.5 Å². The zero-order valence-electron chi connectivity index (χ0n) is 15.3. The molecule has 142 valence electrons. The Balaban J connectivity index is 1.46. The molecule has 0 aromatic heterocycles. The van der Waals surface area contributed by atoms with E-state index in [4.69, 9.17) is 9.84 Å². The molecule has 2 aromatic rings. The number of ether oxygens (including phenoxy) is 1. The molecule has 1 aliphatic carbocycles. The summed E-state index contributed by atoms with van der Waals surface area (Å²) in [5, 5.41) is 11.5. The van der Waals surface area contributed by atoms with Crippen molar-refractivity contribution in [2.24, 2.45) is 0 Å². The Kier molecular flexibility index (Phi) is 6.47. The molecule has 0 aliphatic heterocycles. The first-order chi connectivity index (χ1) is 13.1. The molecule has 5 nitrogen and oxygen atoms in total. The molecule has 3 rings (SSSR count). The number of benzene rings is 2. The van der Waals surface area contributed by atoms with Crippen molar-refractivity contribution in [2.75, 3.05) is 11.9 Å². The zero-order chi connectivity index (χ0) is 19.1. The summed E-state index contributed by atoms with van der Waals surface area (Å²) in [4.78, 5) is 22.7. The van der Waals surface area contributed by atoms with Gasteiger partial charge in [0.25, 0.3) is 5.91 Å². The molecule has 0 spiro atoms. The van der Waals surface area contributed by atoms with E-state index < -0.39 is 5.97 Å². The third-order valence-electron chi connectivity index (χ3n) is 4.92. The van der Waals surface area contributed by atoms with Crippen LogP contribution in [0.4, 0.5) is 5.69 Å². The lowest BCUT2D eigenvalue weighted by Gasteiger charge is -2.22. The number of carboxylic acid groups (broad SMARTS) is 1. The highest BCUT2D eigenvalue weighted by molar-refractivity contribution is 5.91. The minimum atomic E-state index is -0.880. The Hall–Kier alpha value is -2.82. The van der Waals surface area contributed by atoms with Crippen molar-refractivity contribution in [1.29, 1.82) is 0 Å². The molecule has 2 N–H and O–H groups in total. The molecular formula is C22H25NO4. The number of hydrogen-bond donors (Lipinski definition) is 2. The van der Waals surface area contributed by atoms with Crippen molar-refractivity contribution >= 4 is 17.6 Å². The lowest BCUT2D eigenvalue weighted by molar-refractivity contribution is -0.136. The molecule has 5 heteroatoms. The van der Waals surface area contributed by atoms with Crippen molar-refractivity contribution in [3.05, 3.63) is 59.7 Å². The molecule has 0 saturated heterocycles. The van der Waals surface area contributed by atoms with E-state index >= 15 is 0 Å². The van der Waals surface area contributed by atoms with E-state index in [0.717, 1.165) is 0 Å². The van der Waals surface area contributed by atoms with Crippen molar-refractivity contribution in [1.82, 2.24) is 0 Å². The van der Waals surface area contributed by atoms with Gasteiger partial charge in [0.15, 0.2) is 6.61 Å². The number of carbonyl (C=O) groups is 2. The van der Waals surface area contributed by atoms with Crippen LogP contribution in [0.5, 0.6) is 5.75 Å². The van der Waals surface area contributed by atoms with Gasteiger partial charge in [0.1, 0.15) is 5.75 Å². The minimum absolute atomic E-state index is 0.0335. The maximum atomic E-state index is 12.0. The molecule has 0 bridgehead atoms. The summed E-state index contributed by atoms with van der Waals surface area (Å²) in [6, 6.07) is 14.8. The Morgan fingerprint density at radius 3 is 2.26 bits per heavy atom. The van der Waals surface area contributed by atoms with Gasteiger partial charge in [0.2, 0.25) is 0 Å².